The fraction of sp³-hybridized carbons (Fsp3) is 0.444. The van der Waals surface area contributed by atoms with Crippen molar-refractivity contribution in [2.45, 2.75) is 39.2 Å². The summed E-state index contributed by atoms with van der Waals surface area (Å²) in [5.74, 6) is 0.546. The van der Waals surface area contributed by atoms with Gasteiger partial charge in [-0.3, -0.25) is 4.79 Å². The molecular weight excluding hydrogens is 326 g/mol. The molecule has 0 saturated heterocycles. The number of carbonyl (C=O) groups excluding carboxylic acids is 2. The lowest BCUT2D eigenvalue weighted by atomic mass is 9.90. The van der Waals surface area contributed by atoms with Gasteiger partial charge in [-0.05, 0) is 55.9 Å². The minimum atomic E-state index is -0.428. The molecule has 6 heteroatoms. The summed E-state index contributed by atoms with van der Waals surface area (Å²) in [4.78, 5) is 25.9. The van der Waals surface area contributed by atoms with Gasteiger partial charge in [0.1, 0.15) is 10.6 Å². The average molecular weight is 347 g/mol. The standard InChI is InChI=1S/C18H21NO4S/c1-11-5-6-15-13(8-11)9-16(24-15)18(21)23-10-17(20)19-12(2)14-4-3-7-22-14/h3-4,7,9,11-12H,5-6,8,10H2,1-2H3,(H,19,20)/t11-,12+/m0/s1. The molecule has 2 aromatic heterocycles. The topological polar surface area (TPSA) is 68.5 Å². The molecule has 1 aliphatic carbocycles. The predicted molar refractivity (Wildman–Crippen MR) is 91.1 cm³/mol. The molecule has 5 nitrogen and oxygen atoms in total. The van der Waals surface area contributed by atoms with Crippen molar-refractivity contribution in [2.24, 2.45) is 5.92 Å². The molecule has 1 N–H and O–H groups in total. The molecule has 0 fully saturated rings. The van der Waals surface area contributed by atoms with E-state index in [1.54, 1.807) is 18.4 Å². The van der Waals surface area contributed by atoms with Gasteiger partial charge in [0.05, 0.1) is 12.3 Å². The first kappa shape index (κ1) is 16.8. The van der Waals surface area contributed by atoms with Gasteiger partial charge in [0, 0.05) is 4.88 Å². The number of ether oxygens (including phenoxy) is 1. The number of nitrogens with one attached hydrogen (secondary N) is 1. The van der Waals surface area contributed by atoms with E-state index < -0.39 is 5.97 Å². The molecule has 1 amide bonds. The second-order valence-electron chi connectivity index (χ2n) is 6.29. The first-order chi connectivity index (χ1) is 11.5. The highest BCUT2D eigenvalue weighted by Crippen LogP contribution is 2.32. The maximum atomic E-state index is 12.2. The summed E-state index contributed by atoms with van der Waals surface area (Å²) in [5.41, 5.74) is 1.25. The lowest BCUT2D eigenvalue weighted by Gasteiger charge is -2.16. The number of amides is 1. The van der Waals surface area contributed by atoms with Gasteiger partial charge in [-0.25, -0.2) is 4.79 Å². The van der Waals surface area contributed by atoms with Gasteiger partial charge in [-0.15, -0.1) is 11.3 Å². The van der Waals surface area contributed by atoms with E-state index in [1.807, 2.05) is 13.0 Å². The highest BCUT2D eigenvalue weighted by Gasteiger charge is 2.22. The zero-order valence-corrected chi connectivity index (χ0v) is 14.7. The van der Waals surface area contributed by atoms with Gasteiger partial charge in [-0.1, -0.05) is 6.92 Å². The maximum Gasteiger partial charge on any atom is 0.348 e. The Morgan fingerprint density at radius 2 is 2.33 bits per heavy atom. The fourth-order valence-corrected chi connectivity index (χ4v) is 4.00. The SMILES string of the molecule is C[C@H]1CCc2sc(C(=O)OCC(=O)N[C@H](C)c3ccco3)cc2C1. The Balaban J connectivity index is 1.51. The van der Waals surface area contributed by atoms with Crippen molar-refractivity contribution in [3.63, 3.8) is 0 Å². The van der Waals surface area contributed by atoms with Crippen LogP contribution in [-0.4, -0.2) is 18.5 Å². The lowest BCUT2D eigenvalue weighted by Crippen LogP contribution is -2.30. The van der Waals surface area contributed by atoms with E-state index >= 15 is 0 Å². The number of esters is 1. The second-order valence-corrected chi connectivity index (χ2v) is 7.42. The molecule has 24 heavy (non-hydrogen) atoms. The lowest BCUT2D eigenvalue weighted by molar-refractivity contribution is -0.125. The minimum absolute atomic E-state index is 0.262. The van der Waals surface area contributed by atoms with Gasteiger partial charge >= 0.3 is 5.97 Å². The van der Waals surface area contributed by atoms with Crippen molar-refractivity contribution in [1.82, 2.24) is 5.32 Å². The smallest absolute Gasteiger partial charge is 0.348 e. The summed E-state index contributed by atoms with van der Waals surface area (Å²) >= 11 is 1.49. The monoisotopic (exact) mass is 347 g/mol. The summed E-state index contributed by atoms with van der Waals surface area (Å²) in [6, 6.07) is 5.20. The number of hydrogen-bond donors (Lipinski definition) is 1. The minimum Gasteiger partial charge on any atom is -0.467 e. The zero-order valence-electron chi connectivity index (χ0n) is 13.8. The van der Waals surface area contributed by atoms with Gasteiger partial charge in [-0.2, -0.15) is 0 Å². The predicted octanol–water partition coefficient (Wildman–Crippen LogP) is 3.50. The summed E-state index contributed by atoms with van der Waals surface area (Å²) in [6.07, 6.45) is 4.75. The molecule has 0 spiro atoms. The van der Waals surface area contributed by atoms with E-state index in [2.05, 4.69) is 12.2 Å². The normalized spacial score (nSPS) is 17.8. The molecule has 0 aliphatic heterocycles. The Morgan fingerprint density at radius 3 is 3.08 bits per heavy atom. The molecule has 2 heterocycles. The van der Waals surface area contributed by atoms with Gasteiger partial charge in [0.25, 0.3) is 5.91 Å². The van der Waals surface area contributed by atoms with Crippen LogP contribution in [0.2, 0.25) is 0 Å². The fourth-order valence-electron chi connectivity index (χ4n) is 2.90. The van der Waals surface area contributed by atoms with Crippen LogP contribution < -0.4 is 5.32 Å². The van der Waals surface area contributed by atoms with Crippen LogP contribution in [0.1, 0.15) is 52.2 Å². The van der Waals surface area contributed by atoms with Gasteiger partial charge in [0.2, 0.25) is 0 Å². The molecule has 2 aromatic rings. The van der Waals surface area contributed by atoms with Crippen LogP contribution in [0.15, 0.2) is 28.9 Å². The summed E-state index contributed by atoms with van der Waals surface area (Å²) < 4.78 is 10.4. The van der Waals surface area contributed by atoms with Crippen LogP contribution in [0.4, 0.5) is 0 Å². The molecule has 0 radical (unpaired) electrons. The van der Waals surface area contributed by atoms with E-state index in [9.17, 15) is 9.59 Å². The first-order valence-corrected chi connectivity index (χ1v) is 8.96. The van der Waals surface area contributed by atoms with Crippen LogP contribution in [0.25, 0.3) is 0 Å². The Kier molecular flexibility index (Phi) is 5.04. The van der Waals surface area contributed by atoms with Crippen LogP contribution in [0, 0.1) is 5.92 Å². The third kappa shape index (κ3) is 3.87. The number of thiophene rings is 1. The van der Waals surface area contributed by atoms with Crippen molar-refractivity contribution in [2.75, 3.05) is 6.61 Å². The summed E-state index contributed by atoms with van der Waals surface area (Å²) in [7, 11) is 0. The third-order valence-corrected chi connectivity index (χ3v) is 5.43. The molecule has 0 saturated carbocycles. The Labute approximate surface area is 145 Å². The van der Waals surface area contributed by atoms with E-state index in [1.165, 1.54) is 21.8 Å². The first-order valence-electron chi connectivity index (χ1n) is 8.14. The molecule has 128 valence electrons. The van der Waals surface area contributed by atoms with Crippen molar-refractivity contribution in [1.29, 1.82) is 0 Å². The van der Waals surface area contributed by atoms with Crippen molar-refractivity contribution >= 4 is 23.2 Å². The number of carbonyl (C=O) groups is 2. The van der Waals surface area contributed by atoms with Gasteiger partial charge in [0.15, 0.2) is 6.61 Å². The quantitative estimate of drug-likeness (QED) is 0.841. The Hall–Kier alpha value is -2.08. The van der Waals surface area contributed by atoms with Crippen LogP contribution >= 0.6 is 11.3 Å². The Bertz CT molecular complexity index is 719. The molecule has 0 bridgehead atoms. The number of furan rings is 1. The zero-order chi connectivity index (χ0) is 17.1. The molecular formula is C18H21NO4S. The highest BCUT2D eigenvalue weighted by molar-refractivity contribution is 7.14. The van der Waals surface area contributed by atoms with Crippen molar-refractivity contribution in [3.8, 4) is 0 Å². The van der Waals surface area contributed by atoms with Crippen LogP contribution in [0.5, 0.6) is 0 Å². The summed E-state index contributed by atoms with van der Waals surface area (Å²) in [5, 5.41) is 2.74. The highest BCUT2D eigenvalue weighted by atomic mass is 32.1. The van der Waals surface area contributed by atoms with Gasteiger partial charge < -0.3 is 14.5 Å². The van der Waals surface area contributed by atoms with E-state index in [0.717, 1.165) is 19.3 Å². The largest absolute Gasteiger partial charge is 0.467 e. The molecule has 1 aliphatic rings. The number of fused-ring (bicyclic) bond motifs is 1. The number of aryl methyl sites for hydroxylation is 1. The van der Waals surface area contributed by atoms with E-state index in [0.29, 0.717) is 16.6 Å². The molecule has 0 aromatic carbocycles. The number of hydrogen-bond acceptors (Lipinski definition) is 5. The van der Waals surface area contributed by atoms with E-state index in [4.69, 9.17) is 9.15 Å². The average Bonchev–Trinajstić information content (AvgIpc) is 3.21. The molecule has 2 atom stereocenters. The summed E-state index contributed by atoms with van der Waals surface area (Å²) in [6.45, 7) is 3.75. The second kappa shape index (κ2) is 7.21. The van der Waals surface area contributed by atoms with Crippen molar-refractivity contribution < 1.29 is 18.7 Å². The van der Waals surface area contributed by atoms with Crippen molar-refractivity contribution in [3.05, 3.63) is 45.5 Å². The van der Waals surface area contributed by atoms with E-state index in [-0.39, 0.29) is 18.6 Å². The third-order valence-electron chi connectivity index (χ3n) is 4.21. The Morgan fingerprint density at radius 1 is 1.50 bits per heavy atom. The number of rotatable bonds is 5. The molecule has 3 rings (SSSR count). The van der Waals surface area contributed by atoms with Crippen LogP contribution in [-0.2, 0) is 22.4 Å². The van der Waals surface area contributed by atoms with Crippen LogP contribution in [0.3, 0.4) is 0 Å². The molecule has 0 unspecified atom stereocenters. The maximum absolute atomic E-state index is 12.2.